The van der Waals surface area contributed by atoms with Crippen LogP contribution in [0.25, 0.3) is 0 Å². The summed E-state index contributed by atoms with van der Waals surface area (Å²) in [5.74, 6) is 1.09. The largest absolute Gasteiger partial charge is 0.760 e. The lowest BCUT2D eigenvalue weighted by Gasteiger charge is -2.33. The van der Waals surface area contributed by atoms with Crippen LogP contribution in [0.5, 0.6) is 0 Å². The fourth-order valence-electron chi connectivity index (χ4n) is 4.71. The van der Waals surface area contributed by atoms with Crippen molar-refractivity contribution in [3.63, 3.8) is 0 Å². The molecule has 1 aliphatic heterocycles. The lowest BCUT2D eigenvalue weighted by Crippen LogP contribution is -2.39. The molecule has 4 rings (SSSR count). The van der Waals surface area contributed by atoms with Gasteiger partial charge in [-0.25, -0.2) is 9.71 Å². The Hall–Kier alpha value is -2.27. The molecule has 9 nitrogen and oxygen atoms in total. The first-order valence-corrected chi connectivity index (χ1v) is 13.0. The van der Waals surface area contributed by atoms with Crippen LogP contribution in [-0.2, 0) is 21.5 Å². The fourth-order valence-corrected chi connectivity index (χ4v) is 5.21. The number of aromatic nitrogens is 2. The van der Waals surface area contributed by atoms with Gasteiger partial charge in [0.05, 0.1) is 6.20 Å². The molecule has 0 spiro atoms. The van der Waals surface area contributed by atoms with Crippen LogP contribution in [0.4, 0.5) is 23.1 Å². The van der Waals surface area contributed by atoms with E-state index in [1.54, 1.807) is 6.20 Å². The summed E-state index contributed by atoms with van der Waals surface area (Å²) < 4.78 is 24.4. The topological polar surface area (TPSA) is 131 Å². The molecular weight excluding hydrogens is 476 g/mol. The molecule has 1 amide bonds. The third-order valence-electron chi connectivity index (χ3n) is 6.69. The molecule has 184 valence electrons. The first-order chi connectivity index (χ1) is 16.2. The van der Waals surface area contributed by atoms with Crippen LogP contribution in [0.3, 0.4) is 0 Å². The van der Waals surface area contributed by atoms with Crippen LogP contribution in [0.2, 0.25) is 5.02 Å². The second-order valence-electron chi connectivity index (χ2n) is 9.59. The van der Waals surface area contributed by atoms with Gasteiger partial charge in [0, 0.05) is 41.6 Å². The normalized spacial score (nSPS) is 22.8. The van der Waals surface area contributed by atoms with E-state index in [1.165, 1.54) is 0 Å². The van der Waals surface area contributed by atoms with E-state index in [4.69, 9.17) is 11.6 Å². The number of nitrogens with zero attached hydrogens (tertiary/aromatic N) is 2. The van der Waals surface area contributed by atoms with Crippen molar-refractivity contribution >= 4 is 51.9 Å². The maximum atomic E-state index is 12.0. The van der Waals surface area contributed by atoms with Crippen molar-refractivity contribution in [3.05, 3.63) is 35.0 Å². The number of fused-ring (bicyclic) bond motifs is 1. The van der Waals surface area contributed by atoms with E-state index in [-0.39, 0.29) is 23.3 Å². The van der Waals surface area contributed by atoms with E-state index in [0.717, 1.165) is 49.0 Å². The maximum Gasteiger partial charge on any atom is 0.229 e. The Morgan fingerprint density at radius 1 is 1.29 bits per heavy atom. The molecular formula is C23H30ClN6O3S-. The van der Waals surface area contributed by atoms with E-state index in [2.05, 4.69) is 44.5 Å². The van der Waals surface area contributed by atoms with Gasteiger partial charge in [0.15, 0.2) is 5.82 Å². The number of amides is 1. The van der Waals surface area contributed by atoms with Gasteiger partial charge in [-0.05, 0) is 54.4 Å². The van der Waals surface area contributed by atoms with Crippen molar-refractivity contribution in [1.29, 1.82) is 0 Å². The lowest BCUT2D eigenvalue weighted by molar-refractivity contribution is -0.116. The van der Waals surface area contributed by atoms with Crippen LogP contribution in [0, 0.1) is 5.92 Å². The number of nitrogens with one attached hydrogen (secondary N) is 4. The highest BCUT2D eigenvalue weighted by Crippen LogP contribution is 2.38. The van der Waals surface area contributed by atoms with Crippen molar-refractivity contribution in [1.82, 2.24) is 14.7 Å². The summed E-state index contributed by atoms with van der Waals surface area (Å²) in [6.07, 6.45) is 6.76. The van der Waals surface area contributed by atoms with E-state index >= 15 is 0 Å². The molecule has 0 bridgehead atoms. The lowest BCUT2D eigenvalue weighted by atomic mass is 9.80. The third kappa shape index (κ3) is 6.04. The Bertz CT molecular complexity index is 1080. The molecule has 4 N–H and O–H groups in total. The minimum atomic E-state index is -2.28. The molecule has 1 unspecified atom stereocenters. The van der Waals surface area contributed by atoms with E-state index in [0.29, 0.717) is 29.8 Å². The summed E-state index contributed by atoms with van der Waals surface area (Å²) in [4.78, 5) is 21.0. The second kappa shape index (κ2) is 10.6. The quantitative estimate of drug-likeness (QED) is 0.414. The molecule has 1 aromatic heterocycles. The number of rotatable bonds is 7. The summed E-state index contributed by atoms with van der Waals surface area (Å²) in [5, 5.41) is 10.1. The van der Waals surface area contributed by atoms with Crippen molar-refractivity contribution < 1.29 is 13.6 Å². The second-order valence-corrected chi connectivity index (χ2v) is 10.8. The van der Waals surface area contributed by atoms with Gasteiger partial charge < -0.3 is 20.5 Å². The fraction of sp³-hybridized carbons (Fsp3) is 0.522. The zero-order chi connectivity index (χ0) is 24.3. The Morgan fingerprint density at radius 3 is 2.88 bits per heavy atom. The Balaban J connectivity index is 1.52. The highest BCUT2D eigenvalue weighted by molar-refractivity contribution is 7.77. The van der Waals surface area contributed by atoms with Gasteiger partial charge in [0.25, 0.3) is 0 Å². The summed E-state index contributed by atoms with van der Waals surface area (Å²) in [5.41, 5.74) is 2.55. The average molecular weight is 506 g/mol. The number of anilines is 4. The molecule has 1 aromatic carbocycles. The number of hydrogen-bond acceptors (Lipinski definition) is 7. The highest BCUT2D eigenvalue weighted by Gasteiger charge is 2.29. The zero-order valence-corrected chi connectivity index (χ0v) is 20.9. The molecule has 2 heterocycles. The minimum Gasteiger partial charge on any atom is -0.760 e. The monoisotopic (exact) mass is 505 g/mol. The van der Waals surface area contributed by atoms with Gasteiger partial charge >= 0.3 is 0 Å². The molecule has 11 heteroatoms. The Morgan fingerprint density at radius 2 is 2.09 bits per heavy atom. The average Bonchev–Trinajstić information content (AvgIpc) is 2.91. The van der Waals surface area contributed by atoms with Crippen molar-refractivity contribution in [2.45, 2.75) is 63.8 Å². The molecule has 2 aliphatic rings. The van der Waals surface area contributed by atoms with Crippen molar-refractivity contribution in [3.8, 4) is 0 Å². The number of carbonyl (C=O) groups excluding carboxylic acids is 1. The summed E-state index contributed by atoms with van der Waals surface area (Å²) in [7, 11) is 0. The first-order valence-electron chi connectivity index (χ1n) is 11.5. The standard InChI is InChI=1S/C23H31ClN6O3S/c1-23(2)10-9-20(31)28-19-8-7-15(11-16(19)23)27-22-25-13-17(24)21(30-22)29-18-6-4-3-5-14(18)12-26-34(32)33/h7-8,11,13-14,18,26H,3-6,9-10,12H2,1-2H3,(H,28,31)(H,32,33)(H2,25,27,29,30)/p-1/t14-,18-/m1/s1. The first kappa shape index (κ1) is 24.8. The number of halogens is 1. The maximum absolute atomic E-state index is 12.0. The molecule has 1 fully saturated rings. The Kier molecular flexibility index (Phi) is 7.71. The predicted molar refractivity (Wildman–Crippen MR) is 134 cm³/mol. The van der Waals surface area contributed by atoms with Crippen LogP contribution in [0.1, 0.15) is 57.9 Å². The summed E-state index contributed by atoms with van der Waals surface area (Å²) in [6, 6.07) is 5.87. The van der Waals surface area contributed by atoms with Gasteiger partial charge in [-0.3, -0.25) is 9.00 Å². The molecule has 3 atom stereocenters. The van der Waals surface area contributed by atoms with E-state index in [9.17, 15) is 13.6 Å². The summed E-state index contributed by atoms with van der Waals surface area (Å²) >= 11 is 4.11. The van der Waals surface area contributed by atoms with Crippen LogP contribution < -0.4 is 20.7 Å². The zero-order valence-electron chi connectivity index (χ0n) is 19.3. The van der Waals surface area contributed by atoms with Gasteiger partial charge in [-0.15, -0.1) is 0 Å². The highest BCUT2D eigenvalue weighted by atomic mass is 35.5. The number of hydrogen-bond donors (Lipinski definition) is 4. The molecule has 1 saturated carbocycles. The SMILES string of the molecule is CC1(C)CCC(=O)Nc2ccc(Nc3ncc(Cl)c(N[C@@H]4CCCC[C@@H]4CNS(=O)[O-])n3)cc21. The molecule has 34 heavy (non-hydrogen) atoms. The van der Waals surface area contributed by atoms with Crippen LogP contribution >= 0.6 is 11.6 Å². The van der Waals surface area contributed by atoms with Crippen molar-refractivity contribution in [2.24, 2.45) is 5.92 Å². The van der Waals surface area contributed by atoms with Crippen LogP contribution in [-0.4, -0.2) is 37.2 Å². The molecule has 1 aliphatic carbocycles. The molecule has 2 aromatic rings. The van der Waals surface area contributed by atoms with Crippen molar-refractivity contribution in [2.75, 3.05) is 22.5 Å². The minimum absolute atomic E-state index is 0.0296. The Labute approximate surface area is 207 Å². The van der Waals surface area contributed by atoms with Gasteiger partial charge in [0.2, 0.25) is 11.9 Å². The predicted octanol–water partition coefficient (Wildman–Crippen LogP) is 4.24. The van der Waals surface area contributed by atoms with E-state index in [1.807, 2.05) is 18.2 Å². The van der Waals surface area contributed by atoms with Gasteiger partial charge in [-0.2, -0.15) is 4.98 Å². The summed E-state index contributed by atoms with van der Waals surface area (Å²) in [6.45, 7) is 4.65. The third-order valence-corrected chi connectivity index (χ3v) is 7.37. The van der Waals surface area contributed by atoms with Gasteiger partial charge in [-0.1, -0.05) is 38.3 Å². The molecule has 0 radical (unpaired) electrons. The molecule has 0 saturated heterocycles. The number of carbonyl (C=O) groups is 1. The van der Waals surface area contributed by atoms with Crippen LogP contribution in [0.15, 0.2) is 24.4 Å². The van der Waals surface area contributed by atoms with Gasteiger partial charge in [0.1, 0.15) is 5.02 Å². The smallest absolute Gasteiger partial charge is 0.229 e. The number of benzene rings is 1. The van der Waals surface area contributed by atoms with E-state index < -0.39 is 11.3 Å².